The molecule has 0 bridgehead atoms. The fourth-order valence-corrected chi connectivity index (χ4v) is 1.28. The smallest absolute Gasteiger partial charge is 0.379 e. The maximum atomic E-state index is 12.3. The number of hydrogen-bond donors (Lipinski definition) is 2. The maximum Gasteiger partial charge on any atom is 0.418 e. The molecule has 1 aromatic heterocycles. The Morgan fingerprint density at radius 3 is 2.27 bits per heavy atom. The highest BCUT2D eigenvalue weighted by Crippen LogP contribution is 2.36. The van der Waals surface area contributed by atoms with Crippen LogP contribution in [0, 0.1) is 0 Å². The molecule has 1 heterocycles. The van der Waals surface area contributed by atoms with Gasteiger partial charge in [-0.1, -0.05) is 20.8 Å². The predicted molar refractivity (Wildman–Crippen MR) is 48.3 cm³/mol. The predicted octanol–water partition coefficient (Wildman–Crippen LogP) is 2.30. The van der Waals surface area contributed by atoms with E-state index in [0.717, 1.165) is 6.20 Å². The summed E-state index contributed by atoms with van der Waals surface area (Å²) >= 11 is 0. The van der Waals surface area contributed by atoms with Gasteiger partial charge < -0.3 is 5.11 Å². The quantitative estimate of drug-likeness (QED) is 0.766. The van der Waals surface area contributed by atoms with Crippen molar-refractivity contribution in [3.05, 3.63) is 17.5 Å². The second kappa shape index (κ2) is 3.52. The second-order valence-electron chi connectivity index (χ2n) is 4.39. The Morgan fingerprint density at radius 1 is 1.33 bits per heavy atom. The van der Waals surface area contributed by atoms with Crippen LogP contribution < -0.4 is 0 Å². The number of aliphatic hydroxyl groups excluding tert-OH is 1. The molecule has 0 aliphatic rings. The van der Waals surface area contributed by atoms with Gasteiger partial charge in [0.25, 0.3) is 0 Å². The molecule has 0 saturated carbocycles. The zero-order valence-electron chi connectivity index (χ0n) is 8.68. The first-order valence-corrected chi connectivity index (χ1v) is 4.42. The lowest BCUT2D eigenvalue weighted by Crippen LogP contribution is -2.24. The summed E-state index contributed by atoms with van der Waals surface area (Å²) in [5.74, 6) is 0. The second-order valence-corrected chi connectivity index (χ2v) is 4.39. The minimum Gasteiger partial charge on any atom is -0.379 e. The minimum atomic E-state index is -4.66. The highest BCUT2D eigenvalue weighted by Gasteiger charge is 2.42. The molecule has 0 aliphatic heterocycles. The highest BCUT2D eigenvalue weighted by atomic mass is 19.4. The first-order valence-electron chi connectivity index (χ1n) is 4.42. The maximum absolute atomic E-state index is 12.3. The van der Waals surface area contributed by atoms with Crippen molar-refractivity contribution in [3.63, 3.8) is 0 Å². The number of nitrogens with zero attached hydrogens (tertiary/aromatic N) is 1. The molecule has 0 saturated heterocycles. The molecule has 3 nitrogen and oxygen atoms in total. The summed E-state index contributed by atoms with van der Waals surface area (Å²) in [6.45, 7) is 5.23. The summed E-state index contributed by atoms with van der Waals surface area (Å²) in [5.41, 5.74) is -0.430. The molecule has 6 heteroatoms. The molecule has 1 unspecified atom stereocenters. The fraction of sp³-hybridized carbons (Fsp3) is 0.667. The zero-order valence-corrected chi connectivity index (χ0v) is 8.68. The van der Waals surface area contributed by atoms with Crippen LogP contribution in [0.15, 0.2) is 6.20 Å². The van der Waals surface area contributed by atoms with E-state index in [2.05, 4.69) is 10.2 Å². The monoisotopic (exact) mass is 222 g/mol. The lowest BCUT2D eigenvalue weighted by Gasteiger charge is -2.21. The molecule has 0 fully saturated rings. The summed E-state index contributed by atoms with van der Waals surface area (Å²) in [6, 6.07) is 0. The number of aliphatic hydroxyl groups is 1. The number of alkyl halides is 3. The number of nitrogens with one attached hydrogen (secondary N) is 1. The zero-order chi connectivity index (χ0) is 11.9. The van der Waals surface area contributed by atoms with E-state index < -0.39 is 17.7 Å². The van der Waals surface area contributed by atoms with Crippen LogP contribution in [0.5, 0.6) is 0 Å². The van der Waals surface area contributed by atoms with Gasteiger partial charge in [0.15, 0.2) is 6.10 Å². The molecule has 0 aliphatic carbocycles. The van der Waals surface area contributed by atoms with Gasteiger partial charge in [-0.2, -0.15) is 18.3 Å². The average Bonchev–Trinajstić information content (AvgIpc) is 2.47. The Labute approximate surface area is 85.3 Å². The van der Waals surface area contributed by atoms with Crippen LogP contribution in [0.4, 0.5) is 13.2 Å². The van der Waals surface area contributed by atoms with E-state index in [-0.39, 0.29) is 5.56 Å². The van der Waals surface area contributed by atoms with E-state index in [1.807, 2.05) is 0 Å². The van der Waals surface area contributed by atoms with E-state index in [4.69, 9.17) is 5.11 Å². The van der Waals surface area contributed by atoms with Gasteiger partial charge in [-0.05, 0) is 0 Å². The topological polar surface area (TPSA) is 48.9 Å². The van der Waals surface area contributed by atoms with Crippen LogP contribution in [0.2, 0.25) is 0 Å². The van der Waals surface area contributed by atoms with Crippen molar-refractivity contribution in [1.82, 2.24) is 10.2 Å². The van der Waals surface area contributed by atoms with Crippen molar-refractivity contribution < 1.29 is 18.3 Å². The summed E-state index contributed by atoms with van der Waals surface area (Å²) in [4.78, 5) is 0. The van der Waals surface area contributed by atoms with E-state index in [0.29, 0.717) is 5.69 Å². The van der Waals surface area contributed by atoms with Crippen LogP contribution in [-0.2, 0) is 5.41 Å². The normalized spacial score (nSPS) is 15.4. The van der Waals surface area contributed by atoms with Crippen LogP contribution in [0.3, 0.4) is 0 Å². The molecular formula is C9H13F3N2O. The molecule has 0 amide bonds. The Kier molecular flexibility index (Phi) is 2.82. The number of halogens is 3. The number of aromatic amines is 1. The number of hydrogen-bond acceptors (Lipinski definition) is 2. The molecule has 86 valence electrons. The van der Waals surface area contributed by atoms with Crippen molar-refractivity contribution in [1.29, 1.82) is 0 Å². The van der Waals surface area contributed by atoms with E-state index in [1.165, 1.54) is 0 Å². The molecule has 0 spiro atoms. The Morgan fingerprint density at radius 2 is 1.87 bits per heavy atom. The van der Waals surface area contributed by atoms with E-state index >= 15 is 0 Å². The van der Waals surface area contributed by atoms with Gasteiger partial charge in [-0.25, -0.2) is 0 Å². The molecule has 0 aromatic carbocycles. The summed E-state index contributed by atoms with van der Waals surface area (Å²) in [7, 11) is 0. The largest absolute Gasteiger partial charge is 0.418 e. The first-order chi connectivity index (χ1) is 6.64. The SMILES string of the molecule is CC(C)(C)c1[nH]ncc1C(O)C(F)(F)F. The summed E-state index contributed by atoms with van der Waals surface area (Å²) in [6.07, 6.45) is -6.13. The number of aromatic nitrogens is 2. The third-order valence-corrected chi connectivity index (χ3v) is 2.02. The van der Waals surface area contributed by atoms with E-state index in [9.17, 15) is 13.2 Å². The van der Waals surface area contributed by atoms with Gasteiger partial charge in [-0.15, -0.1) is 0 Å². The lowest BCUT2D eigenvalue weighted by molar-refractivity contribution is -0.207. The third kappa shape index (κ3) is 2.50. The Bertz CT molecular complexity index is 338. The van der Waals surface area contributed by atoms with Crippen molar-refractivity contribution >= 4 is 0 Å². The molecule has 0 radical (unpaired) electrons. The Balaban J connectivity index is 3.12. The highest BCUT2D eigenvalue weighted by molar-refractivity contribution is 5.26. The first kappa shape index (κ1) is 12.0. The summed E-state index contributed by atoms with van der Waals surface area (Å²) in [5, 5.41) is 15.1. The van der Waals surface area contributed by atoms with Crippen molar-refractivity contribution in [2.24, 2.45) is 0 Å². The summed E-state index contributed by atoms with van der Waals surface area (Å²) < 4.78 is 36.9. The fourth-order valence-electron chi connectivity index (χ4n) is 1.28. The van der Waals surface area contributed by atoms with Crippen LogP contribution in [0.25, 0.3) is 0 Å². The van der Waals surface area contributed by atoms with Gasteiger partial charge in [0.1, 0.15) is 0 Å². The standard InChI is InChI=1S/C9H13F3N2O/c1-8(2,3)6-5(4-13-14-6)7(15)9(10,11)12/h4,7,15H,1-3H3,(H,13,14). The van der Waals surface area contributed by atoms with Crippen LogP contribution in [-0.4, -0.2) is 21.5 Å². The van der Waals surface area contributed by atoms with Gasteiger partial charge in [-0.3, -0.25) is 5.10 Å². The van der Waals surface area contributed by atoms with Gasteiger partial charge in [0, 0.05) is 16.7 Å². The van der Waals surface area contributed by atoms with Gasteiger partial charge >= 0.3 is 6.18 Å². The van der Waals surface area contributed by atoms with Crippen LogP contribution in [0.1, 0.15) is 38.1 Å². The molecule has 1 atom stereocenters. The van der Waals surface area contributed by atoms with Crippen molar-refractivity contribution in [2.75, 3.05) is 0 Å². The molecule has 1 aromatic rings. The van der Waals surface area contributed by atoms with Crippen LogP contribution >= 0.6 is 0 Å². The number of rotatable bonds is 1. The van der Waals surface area contributed by atoms with E-state index in [1.54, 1.807) is 20.8 Å². The molecule has 15 heavy (non-hydrogen) atoms. The Hall–Kier alpha value is -1.04. The molecule has 2 N–H and O–H groups in total. The third-order valence-electron chi connectivity index (χ3n) is 2.02. The average molecular weight is 222 g/mol. The molecule has 1 rings (SSSR count). The van der Waals surface area contributed by atoms with Gasteiger partial charge in [0.05, 0.1) is 6.20 Å². The lowest BCUT2D eigenvalue weighted by atomic mass is 9.88. The van der Waals surface area contributed by atoms with Crippen molar-refractivity contribution in [2.45, 2.75) is 38.5 Å². The minimum absolute atomic E-state index is 0.213. The van der Waals surface area contributed by atoms with Crippen molar-refractivity contribution in [3.8, 4) is 0 Å². The molecular weight excluding hydrogens is 209 g/mol. The van der Waals surface area contributed by atoms with Gasteiger partial charge in [0.2, 0.25) is 0 Å². The number of H-pyrrole nitrogens is 1.